The second kappa shape index (κ2) is 13.1. The molecule has 0 aromatic rings. The van der Waals surface area contributed by atoms with Crippen LogP contribution in [0.1, 0.15) is 67.2 Å². The molecular formula is C23H44N2O7Si. The van der Waals surface area contributed by atoms with Gasteiger partial charge in [-0.05, 0) is 60.4 Å². The summed E-state index contributed by atoms with van der Waals surface area (Å²) in [7, 11) is -1.41. The molecule has 0 aliphatic carbocycles. The van der Waals surface area contributed by atoms with Gasteiger partial charge in [0.15, 0.2) is 0 Å². The van der Waals surface area contributed by atoms with Gasteiger partial charge in [0.25, 0.3) is 0 Å². The van der Waals surface area contributed by atoms with E-state index in [1.54, 1.807) is 41.5 Å². The van der Waals surface area contributed by atoms with E-state index in [4.69, 9.17) is 19.9 Å². The maximum atomic E-state index is 12.6. The predicted molar refractivity (Wildman–Crippen MR) is 129 cm³/mol. The largest absolute Gasteiger partial charge is 0.464 e. The van der Waals surface area contributed by atoms with Crippen LogP contribution in [-0.2, 0) is 33.4 Å². The van der Waals surface area contributed by atoms with Crippen molar-refractivity contribution in [3.05, 3.63) is 0 Å². The summed E-state index contributed by atoms with van der Waals surface area (Å²) in [4.78, 5) is 49.1. The number of carbonyl (C=O) groups is 4. The molecule has 0 unspecified atom stereocenters. The molecule has 33 heavy (non-hydrogen) atoms. The summed E-state index contributed by atoms with van der Waals surface area (Å²) in [5, 5.41) is 2.57. The lowest BCUT2D eigenvalue weighted by Gasteiger charge is -2.23. The fraction of sp³-hybridized carbons (Fsp3) is 0.826. The molecule has 0 aromatic carbocycles. The Hall–Kier alpha value is -1.94. The first-order chi connectivity index (χ1) is 14.8. The Morgan fingerprint density at radius 1 is 0.848 bits per heavy atom. The molecule has 0 aliphatic rings. The highest BCUT2D eigenvalue weighted by Gasteiger charge is 2.28. The van der Waals surface area contributed by atoms with Gasteiger partial charge in [-0.2, -0.15) is 0 Å². The first kappa shape index (κ1) is 31.1. The molecule has 0 saturated carbocycles. The van der Waals surface area contributed by atoms with Crippen LogP contribution in [0.15, 0.2) is 0 Å². The highest BCUT2D eigenvalue weighted by atomic mass is 28.3. The van der Waals surface area contributed by atoms with Crippen LogP contribution in [0.2, 0.25) is 25.7 Å². The number of rotatable bonds is 12. The number of hydrogen-bond acceptors (Lipinski definition) is 8. The van der Waals surface area contributed by atoms with E-state index in [1.165, 1.54) is 0 Å². The standard InChI is InChI=1S/C23H44N2O7Si/c1-22(2,3)31-18(26)12-10-16(24)20(28)25-17(11-13-19(27)32-23(4,5)6)21(29)30-14-15-33(7,8)9/h16-17H,10-15,24H2,1-9H3,(H,25,28)/t16-,17-/m0/s1. The zero-order valence-electron chi connectivity index (χ0n) is 21.8. The van der Waals surface area contributed by atoms with E-state index in [0.717, 1.165) is 6.04 Å². The minimum absolute atomic E-state index is 0.0191. The summed E-state index contributed by atoms with van der Waals surface area (Å²) in [6, 6.07) is -1.28. The van der Waals surface area contributed by atoms with E-state index in [9.17, 15) is 19.2 Å². The average Bonchev–Trinajstić information content (AvgIpc) is 2.58. The van der Waals surface area contributed by atoms with Gasteiger partial charge in [0.2, 0.25) is 5.91 Å². The van der Waals surface area contributed by atoms with E-state index >= 15 is 0 Å². The van der Waals surface area contributed by atoms with Crippen LogP contribution in [0.25, 0.3) is 0 Å². The Labute approximate surface area is 199 Å². The van der Waals surface area contributed by atoms with Crippen molar-refractivity contribution in [1.29, 1.82) is 0 Å². The summed E-state index contributed by atoms with van der Waals surface area (Å²) in [6.45, 7) is 17.2. The van der Waals surface area contributed by atoms with Crippen molar-refractivity contribution in [1.82, 2.24) is 5.32 Å². The molecule has 0 radical (unpaired) electrons. The molecule has 9 nitrogen and oxygen atoms in total. The lowest BCUT2D eigenvalue weighted by Crippen LogP contribution is -2.49. The molecule has 0 saturated heterocycles. The maximum absolute atomic E-state index is 12.6. The highest BCUT2D eigenvalue weighted by Crippen LogP contribution is 2.13. The quantitative estimate of drug-likeness (QED) is 0.243. The number of hydrogen-bond donors (Lipinski definition) is 2. The van der Waals surface area contributed by atoms with Crippen LogP contribution in [0, 0.1) is 0 Å². The van der Waals surface area contributed by atoms with Gasteiger partial charge in [-0.25, -0.2) is 4.79 Å². The van der Waals surface area contributed by atoms with Gasteiger partial charge in [-0.15, -0.1) is 0 Å². The van der Waals surface area contributed by atoms with Crippen LogP contribution >= 0.6 is 0 Å². The molecule has 0 aromatic heterocycles. The van der Waals surface area contributed by atoms with Gasteiger partial charge < -0.3 is 25.3 Å². The van der Waals surface area contributed by atoms with Crippen LogP contribution in [0.5, 0.6) is 0 Å². The Bertz CT molecular complexity index is 676. The smallest absolute Gasteiger partial charge is 0.328 e. The van der Waals surface area contributed by atoms with Crippen molar-refractivity contribution in [2.75, 3.05) is 6.61 Å². The summed E-state index contributed by atoms with van der Waals surface area (Å²) in [5.41, 5.74) is 4.63. The van der Waals surface area contributed by atoms with Gasteiger partial charge in [-0.1, -0.05) is 19.6 Å². The highest BCUT2D eigenvalue weighted by molar-refractivity contribution is 6.76. The molecular weight excluding hydrogens is 444 g/mol. The molecule has 0 rings (SSSR count). The molecule has 1 amide bonds. The van der Waals surface area contributed by atoms with Gasteiger partial charge in [-0.3, -0.25) is 14.4 Å². The lowest BCUT2D eigenvalue weighted by molar-refractivity contribution is -0.157. The fourth-order valence-corrected chi connectivity index (χ4v) is 3.25. The molecule has 3 N–H and O–H groups in total. The number of amides is 1. The molecule has 0 heterocycles. The molecule has 10 heteroatoms. The third kappa shape index (κ3) is 17.2. The number of nitrogens with one attached hydrogen (secondary N) is 1. The molecule has 0 fully saturated rings. The SMILES string of the molecule is CC(C)(C)OC(=O)CC[C@H](NC(=O)[C@@H](N)CCC(=O)OC(C)(C)C)C(=O)OCC[Si](C)(C)C. The Morgan fingerprint density at radius 3 is 1.73 bits per heavy atom. The molecule has 0 bridgehead atoms. The minimum atomic E-state index is -1.41. The van der Waals surface area contributed by atoms with E-state index in [0.29, 0.717) is 0 Å². The molecule has 0 spiro atoms. The number of carbonyl (C=O) groups excluding carboxylic acids is 4. The van der Waals surface area contributed by atoms with Crippen molar-refractivity contribution in [2.24, 2.45) is 5.73 Å². The number of ether oxygens (including phenoxy) is 3. The zero-order chi connectivity index (χ0) is 26.0. The minimum Gasteiger partial charge on any atom is -0.464 e. The molecule has 0 aliphatic heterocycles. The second-order valence-corrected chi connectivity index (χ2v) is 17.0. The molecule has 2 atom stereocenters. The topological polar surface area (TPSA) is 134 Å². The van der Waals surface area contributed by atoms with Crippen molar-refractivity contribution in [3.63, 3.8) is 0 Å². The fourth-order valence-electron chi connectivity index (χ4n) is 2.54. The van der Waals surface area contributed by atoms with Crippen LogP contribution in [-0.4, -0.2) is 61.8 Å². The third-order valence-corrected chi connectivity index (χ3v) is 5.87. The summed E-state index contributed by atoms with van der Waals surface area (Å²) in [5.74, 6) is -2.16. The summed E-state index contributed by atoms with van der Waals surface area (Å²) in [6.07, 6.45) is -0.0248. The second-order valence-electron chi connectivity index (χ2n) is 11.4. The first-order valence-electron chi connectivity index (χ1n) is 11.5. The van der Waals surface area contributed by atoms with Gasteiger partial charge in [0.1, 0.15) is 17.2 Å². The average molecular weight is 489 g/mol. The van der Waals surface area contributed by atoms with Gasteiger partial charge >= 0.3 is 17.9 Å². The number of nitrogens with two attached hydrogens (primary N) is 1. The monoisotopic (exact) mass is 488 g/mol. The lowest BCUT2D eigenvalue weighted by atomic mass is 10.1. The van der Waals surface area contributed by atoms with Crippen LogP contribution in [0.4, 0.5) is 0 Å². The van der Waals surface area contributed by atoms with Crippen LogP contribution in [0.3, 0.4) is 0 Å². The predicted octanol–water partition coefficient (Wildman–Crippen LogP) is 2.92. The maximum Gasteiger partial charge on any atom is 0.328 e. The molecule has 192 valence electrons. The van der Waals surface area contributed by atoms with Gasteiger partial charge in [0, 0.05) is 20.9 Å². The number of esters is 3. The summed E-state index contributed by atoms with van der Waals surface area (Å²) < 4.78 is 15.9. The van der Waals surface area contributed by atoms with Crippen molar-refractivity contribution in [3.8, 4) is 0 Å². The van der Waals surface area contributed by atoms with E-state index in [2.05, 4.69) is 25.0 Å². The Morgan fingerprint density at radius 2 is 1.30 bits per heavy atom. The van der Waals surface area contributed by atoms with Crippen molar-refractivity contribution in [2.45, 2.75) is 116 Å². The normalized spacial score (nSPS) is 14.1. The zero-order valence-corrected chi connectivity index (χ0v) is 22.8. The van der Waals surface area contributed by atoms with Crippen LogP contribution < -0.4 is 11.1 Å². The Balaban J connectivity index is 4.99. The van der Waals surface area contributed by atoms with E-state index in [1.807, 2.05) is 0 Å². The Kier molecular flexibility index (Phi) is 12.3. The van der Waals surface area contributed by atoms with Crippen molar-refractivity contribution < 1.29 is 33.4 Å². The summed E-state index contributed by atoms with van der Waals surface area (Å²) >= 11 is 0. The van der Waals surface area contributed by atoms with E-state index < -0.39 is 55.2 Å². The van der Waals surface area contributed by atoms with Gasteiger partial charge in [0.05, 0.1) is 12.6 Å². The van der Waals surface area contributed by atoms with E-state index in [-0.39, 0.29) is 32.3 Å². The third-order valence-electron chi connectivity index (χ3n) is 4.17. The van der Waals surface area contributed by atoms with Crippen molar-refractivity contribution >= 4 is 31.9 Å². The first-order valence-corrected chi connectivity index (χ1v) is 15.2.